The molecule has 0 aliphatic carbocycles. The summed E-state index contributed by atoms with van der Waals surface area (Å²) in [5, 5.41) is 6.05. The number of hydrogen-bond acceptors (Lipinski definition) is 4. The summed E-state index contributed by atoms with van der Waals surface area (Å²) in [7, 11) is 3.38. The van der Waals surface area contributed by atoms with E-state index in [1.54, 1.807) is 13.2 Å². The molecule has 0 aliphatic rings. The van der Waals surface area contributed by atoms with E-state index in [1.807, 2.05) is 55.3 Å². The highest BCUT2D eigenvalue weighted by molar-refractivity contribution is 6.30. The van der Waals surface area contributed by atoms with Crippen molar-refractivity contribution in [3.05, 3.63) is 58.6 Å². The highest BCUT2D eigenvalue weighted by Crippen LogP contribution is 2.24. The number of methoxy groups -OCH3 is 1. The average Bonchev–Trinajstić information content (AvgIpc) is 2.62. The molecular weight excluding hydrogens is 366 g/mol. The lowest BCUT2D eigenvalue weighted by Crippen LogP contribution is -2.39. The van der Waals surface area contributed by atoms with Crippen LogP contribution in [0.5, 0.6) is 5.75 Å². The minimum atomic E-state index is -0.312. The zero-order valence-electron chi connectivity index (χ0n) is 15.7. The van der Waals surface area contributed by atoms with Gasteiger partial charge in [-0.15, -0.1) is 0 Å². The summed E-state index contributed by atoms with van der Waals surface area (Å²) < 4.78 is 5.23. The fourth-order valence-corrected chi connectivity index (χ4v) is 2.68. The van der Waals surface area contributed by atoms with Crippen LogP contribution < -0.4 is 15.4 Å². The molecule has 144 valence electrons. The van der Waals surface area contributed by atoms with Gasteiger partial charge in [0.05, 0.1) is 25.9 Å². The molecule has 27 heavy (non-hydrogen) atoms. The summed E-state index contributed by atoms with van der Waals surface area (Å²) in [6.07, 6.45) is 0. The summed E-state index contributed by atoms with van der Waals surface area (Å²) in [5.74, 6) is 0.0356. The Balaban J connectivity index is 1.78. The van der Waals surface area contributed by atoms with Crippen LogP contribution in [0.1, 0.15) is 11.1 Å². The average molecular weight is 390 g/mol. The number of carbonyl (C=O) groups excluding carboxylic acids is 2. The zero-order valence-corrected chi connectivity index (χ0v) is 16.5. The fourth-order valence-electron chi connectivity index (χ4n) is 2.55. The summed E-state index contributed by atoms with van der Waals surface area (Å²) >= 11 is 5.87. The molecule has 0 atom stereocenters. The zero-order chi connectivity index (χ0) is 19.8. The first kappa shape index (κ1) is 20.7. The number of amides is 2. The topological polar surface area (TPSA) is 70.7 Å². The lowest BCUT2D eigenvalue weighted by Gasteiger charge is -2.16. The molecule has 0 saturated carbocycles. The Morgan fingerprint density at radius 3 is 2.48 bits per heavy atom. The molecule has 2 aromatic rings. The number of nitrogens with zero attached hydrogens (tertiary/aromatic N) is 1. The smallest absolute Gasteiger partial charge is 0.243 e. The molecule has 7 heteroatoms. The monoisotopic (exact) mass is 389 g/mol. The second-order valence-electron chi connectivity index (χ2n) is 6.33. The molecule has 0 fully saturated rings. The molecule has 2 aromatic carbocycles. The highest BCUT2D eigenvalue weighted by atomic mass is 35.5. The number of rotatable bonds is 8. The minimum Gasteiger partial charge on any atom is -0.495 e. The first-order chi connectivity index (χ1) is 12.9. The van der Waals surface area contributed by atoms with Gasteiger partial charge in [0.1, 0.15) is 5.75 Å². The number of hydrogen-bond donors (Lipinski definition) is 2. The summed E-state index contributed by atoms with van der Waals surface area (Å²) in [6, 6.07) is 13.0. The van der Waals surface area contributed by atoms with Crippen LogP contribution in [0, 0.1) is 6.92 Å². The maximum atomic E-state index is 12.1. The molecule has 0 aromatic heterocycles. The van der Waals surface area contributed by atoms with Crippen LogP contribution in [0.4, 0.5) is 5.69 Å². The van der Waals surface area contributed by atoms with Gasteiger partial charge in [0.15, 0.2) is 0 Å². The van der Waals surface area contributed by atoms with Crippen LogP contribution in [-0.2, 0) is 16.1 Å². The van der Waals surface area contributed by atoms with Crippen LogP contribution in [0.2, 0.25) is 5.02 Å². The van der Waals surface area contributed by atoms with Gasteiger partial charge in [-0.2, -0.15) is 0 Å². The molecule has 0 bridgehead atoms. The Morgan fingerprint density at radius 1 is 1.11 bits per heavy atom. The Morgan fingerprint density at radius 2 is 1.81 bits per heavy atom. The largest absolute Gasteiger partial charge is 0.495 e. The fraction of sp³-hybridized carbons (Fsp3) is 0.300. The molecule has 0 radical (unpaired) electrons. The first-order valence-corrected chi connectivity index (χ1v) is 8.89. The number of carbonyl (C=O) groups is 2. The van der Waals surface area contributed by atoms with Gasteiger partial charge in [0.2, 0.25) is 11.8 Å². The quantitative estimate of drug-likeness (QED) is 0.728. The van der Waals surface area contributed by atoms with Gasteiger partial charge in [-0.05, 0) is 49.4 Å². The molecular formula is C20H24ClN3O3. The number of anilines is 1. The Bertz CT molecular complexity index is 794. The number of ether oxygens (including phenoxy) is 1. The standard InChI is InChI=1S/C20H24ClN3O3/c1-14-4-9-18(27-3)17(10-14)23-19(25)11-22-20(26)13-24(2)12-15-5-7-16(21)8-6-15/h4-10H,11-13H2,1-3H3,(H,22,26)(H,23,25). The number of halogens is 1. The number of likely N-dealkylation sites (N-methyl/N-ethyl adjacent to an activating group) is 1. The van der Waals surface area contributed by atoms with E-state index < -0.39 is 0 Å². The predicted molar refractivity (Wildman–Crippen MR) is 107 cm³/mol. The van der Waals surface area contributed by atoms with Crippen LogP contribution in [0.3, 0.4) is 0 Å². The van der Waals surface area contributed by atoms with Crippen molar-refractivity contribution in [2.75, 3.05) is 32.6 Å². The molecule has 0 unspecified atom stereocenters. The van der Waals surface area contributed by atoms with Crippen molar-refractivity contribution in [2.24, 2.45) is 0 Å². The normalized spacial score (nSPS) is 10.6. The Hall–Kier alpha value is -2.57. The highest BCUT2D eigenvalue weighted by Gasteiger charge is 2.11. The van der Waals surface area contributed by atoms with E-state index in [9.17, 15) is 9.59 Å². The Labute approximate surface area is 164 Å². The maximum Gasteiger partial charge on any atom is 0.243 e. The van der Waals surface area contributed by atoms with Gasteiger partial charge in [0, 0.05) is 11.6 Å². The third-order valence-corrected chi connectivity index (χ3v) is 4.11. The van der Waals surface area contributed by atoms with E-state index in [1.165, 1.54) is 0 Å². The van der Waals surface area contributed by atoms with Crippen molar-refractivity contribution in [1.29, 1.82) is 0 Å². The molecule has 2 amide bonds. The Kier molecular flexibility index (Phi) is 7.64. The second-order valence-corrected chi connectivity index (χ2v) is 6.76. The molecule has 0 saturated heterocycles. The molecule has 0 spiro atoms. The van der Waals surface area contributed by atoms with Crippen LogP contribution in [0.15, 0.2) is 42.5 Å². The summed E-state index contributed by atoms with van der Waals surface area (Å²) in [4.78, 5) is 26.0. The lowest BCUT2D eigenvalue weighted by molar-refractivity contribution is -0.124. The first-order valence-electron chi connectivity index (χ1n) is 8.51. The molecule has 2 rings (SSSR count). The third kappa shape index (κ3) is 6.92. The maximum absolute atomic E-state index is 12.1. The van der Waals surface area contributed by atoms with Gasteiger partial charge in [0.25, 0.3) is 0 Å². The van der Waals surface area contributed by atoms with Gasteiger partial charge in [-0.1, -0.05) is 29.8 Å². The molecule has 0 heterocycles. The van der Waals surface area contributed by atoms with Crippen molar-refractivity contribution in [3.63, 3.8) is 0 Å². The van der Waals surface area contributed by atoms with E-state index in [4.69, 9.17) is 16.3 Å². The lowest BCUT2D eigenvalue weighted by atomic mass is 10.2. The van der Waals surface area contributed by atoms with Crippen LogP contribution in [-0.4, -0.2) is 44.0 Å². The SMILES string of the molecule is COc1ccc(C)cc1NC(=O)CNC(=O)CN(C)Cc1ccc(Cl)cc1. The van der Waals surface area contributed by atoms with E-state index in [0.29, 0.717) is 23.0 Å². The number of benzene rings is 2. The third-order valence-electron chi connectivity index (χ3n) is 3.85. The van der Waals surface area contributed by atoms with Gasteiger partial charge >= 0.3 is 0 Å². The van der Waals surface area contributed by atoms with Gasteiger partial charge in [-0.25, -0.2) is 0 Å². The van der Waals surface area contributed by atoms with E-state index in [-0.39, 0.29) is 24.9 Å². The molecule has 0 aliphatic heterocycles. The number of nitrogens with one attached hydrogen (secondary N) is 2. The second kappa shape index (κ2) is 9.94. The van der Waals surface area contributed by atoms with Gasteiger partial charge in [-0.3, -0.25) is 14.5 Å². The van der Waals surface area contributed by atoms with Crippen LogP contribution >= 0.6 is 11.6 Å². The van der Waals surface area contributed by atoms with E-state index in [2.05, 4.69) is 10.6 Å². The molecule has 6 nitrogen and oxygen atoms in total. The predicted octanol–water partition coefficient (Wildman–Crippen LogP) is 2.84. The van der Waals surface area contributed by atoms with Crippen molar-refractivity contribution >= 4 is 29.1 Å². The van der Waals surface area contributed by atoms with Crippen molar-refractivity contribution in [2.45, 2.75) is 13.5 Å². The summed E-state index contributed by atoms with van der Waals surface area (Å²) in [5.41, 5.74) is 2.63. The molecule has 2 N–H and O–H groups in total. The van der Waals surface area contributed by atoms with E-state index in [0.717, 1.165) is 11.1 Å². The number of aryl methyl sites for hydroxylation is 1. The van der Waals surface area contributed by atoms with Crippen molar-refractivity contribution in [1.82, 2.24) is 10.2 Å². The minimum absolute atomic E-state index is 0.106. The van der Waals surface area contributed by atoms with Crippen LogP contribution in [0.25, 0.3) is 0 Å². The summed E-state index contributed by atoms with van der Waals surface area (Å²) in [6.45, 7) is 2.61. The van der Waals surface area contributed by atoms with Crippen molar-refractivity contribution in [3.8, 4) is 5.75 Å². The van der Waals surface area contributed by atoms with Gasteiger partial charge < -0.3 is 15.4 Å². The van der Waals surface area contributed by atoms with E-state index >= 15 is 0 Å². The van der Waals surface area contributed by atoms with Crippen molar-refractivity contribution < 1.29 is 14.3 Å².